The number of nitrogens with one attached hydrogen (secondary N) is 1. The largest absolute Gasteiger partial charge is 0.507 e. The van der Waals surface area contributed by atoms with Crippen LogP contribution < -0.4 is 29.7 Å². The number of hydrogen-bond donors (Lipinski definition) is 3. The van der Waals surface area contributed by atoms with Crippen LogP contribution in [0.2, 0.25) is 0 Å². The van der Waals surface area contributed by atoms with Crippen LogP contribution in [0.1, 0.15) is 40.9 Å². The molecule has 1 aliphatic rings. The van der Waals surface area contributed by atoms with Crippen LogP contribution in [0, 0.1) is 0 Å². The number of benzene rings is 2. The fourth-order valence-electron chi connectivity index (χ4n) is 4.52. The van der Waals surface area contributed by atoms with Crippen LogP contribution in [0.25, 0.3) is 11.1 Å². The summed E-state index contributed by atoms with van der Waals surface area (Å²) in [6.45, 7) is 1.46. The summed E-state index contributed by atoms with van der Waals surface area (Å²) in [7, 11) is 6.14. The highest BCUT2D eigenvalue weighted by Gasteiger charge is 2.29. The number of carboxylic acids is 1. The predicted octanol–water partition coefficient (Wildman–Crippen LogP) is 3.96. The minimum Gasteiger partial charge on any atom is -0.507 e. The fourth-order valence-corrected chi connectivity index (χ4v) is 4.52. The van der Waals surface area contributed by atoms with Gasteiger partial charge in [0.05, 0.1) is 34.5 Å². The average Bonchev–Trinajstić information content (AvgIpc) is 3.16. The van der Waals surface area contributed by atoms with Crippen molar-refractivity contribution in [3.05, 3.63) is 75.4 Å². The number of rotatable bonds is 6. The number of ether oxygens (including phenoxy) is 4. The van der Waals surface area contributed by atoms with Gasteiger partial charge < -0.3 is 34.5 Å². The number of aryl methyl sites for hydroxylation is 1. The zero-order valence-corrected chi connectivity index (χ0v) is 22.4. The second kappa shape index (κ2) is 12.7. The van der Waals surface area contributed by atoms with Crippen LogP contribution in [0.5, 0.6) is 28.7 Å². The van der Waals surface area contributed by atoms with Crippen LogP contribution in [-0.2, 0) is 11.2 Å². The maximum absolute atomic E-state index is 12.6. The Balaban J connectivity index is 0.000000353. The van der Waals surface area contributed by atoms with Crippen LogP contribution in [0.15, 0.2) is 53.3 Å². The number of fused-ring (bicyclic) bond motifs is 3. The van der Waals surface area contributed by atoms with Crippen molar-refractivity contribution in [1.82, 2.24) is 5.32 Å². The van der Waals surface area contributed by atoms with Gasteiger partial charge in [-0.15, -0.1) is 0 Å². The summed E-state index contributed by atoms with van der Waals surface area (Å²) >= 11 is 0. The molecular formula is C29H31NO9. The SMILES string of the molecule is COc1cc2c(c(OC)c1OC)-c1ccc(OC)c(=O)cc1C(NC(C)=O)CC2.O=C(O)c1ccccc1O. The third kappa shape index (κ3) is 6.23. The van der Waals surface area contributed by atoms with Gasteiger partial charge in [0.2, 0.25) is 17.1 Å². The zero-order chi connectivity index (χ0) is 28.7. The summed E-state index contributed by atoms with van der Waals surface area (Å²) in [5.74, 6) is 0.293. The van der Waals surface area contributed by atoms with Gasteiger partial charge in [-0.1, -0.05) is 18.2 Å². The molecule has 0 heterocycles. The molecule has 206 valence electrons. The van der Waals surface area contributed by atoms with Gasteiger partial charge in [0.25, 0.3) is 0 Å². The maximum Gasteiger partial charge on any atom is 0.339 e. The van der Waals surface area contributed by atoms with Crippen molar-refractivity contribution in [2.45, 2.75) is 25.8 Å². The highest BCUT2D eigenvalue weighted by molar-refractivity contribution is 5.90. The van der Waals surface area contributed by atoms with E-state index in [1.165, 1.54) is 32.2 Å². The van der Waals surface area contributed by atoms with Crippen molar-refractivity contribution in [2.75, 3.05) is 28.4 Å². The Kier molecular flexibility index (Phi) is 9.38. The first-order chi connectivity index (χ1) is 18.7. The van der Waals surface area contributed by atoms with Crippen LogP contribution in [-0.4, -0.2) is 50.5 Å². The number of carboxylic acid groups (broad SMARTS) is 1. The zero-order valence-electron chi connectivity index (χ0n) is 22.4. The van der Waals surface area contributed by atoms with E-state index >= 15 is 0 Å². The van der Waals surface area contributed by atoms with E-state index in [0.29, 0.717) is 35.7 Å². The summed E-state index contributed by atoms with van der Waals surface area (Å²) in [5.41, 5.74) is 2.94. The lowest BCUT2D eigenvalue weighted by atomic mass is 9.95. The fraction of sp³-hybridized carbons (Fsp3) is 0.276. The Morgan fingerprint density at radius 1 is 0.897 bits per heavy atom. The third-order valence-electron chi connectivity index (χ3n) is 6.23. The quantitative estimate of drug-likeness (QED) is 0.426. The monoisotopic (exact) mass is 537 g/mol. The van der Waals surface area contributed by atoms with Gasteiger partial charge in [-0.05, 0) is 59.9 Å². The number of para-hydroxylation sites is 1. The smallest absolute Gasteiger partial charge is 0.339 e. The van der Waals surface area contributed by atoms with Gasteiger partial charge in [0, 0.05) is 12.5 Å². The van der Waals surface area contributed by atoms with E-state index in [1.54, 1.807) is 39.5 Å². The third-order valence-corrected chi connectivity index (χ3v) is 6.23. The van der Waals surface area contributed by atoms with Gasteiger partial charge in [0.15, 0.2) is 17.2 Å². The second-order valence-electron chi connectivity index (χ2n) is 8.57. The van der Waals surface area contributed by atoms with E-state index in [0.717, 1.165) is 16.7 Å². The Morgan fingerprint density at radius 2 is 1.56 bits per heavy atom. The number of phenols is 1. The normalized spacial score (nSPS) is 13.3. The highest BCUT2D eigenvalue weighted by atomic mass is 16.5. The second-order valence-corrected chi connectivity index (χ2v) is 8.57. The molecule has 0 saturated heterocycles. The molecule has 39 heavy (non-hydrogen) atoms. The molecule has 10 heteroatoms. The molecule has 0 aromatic heterocycles. The first-order valence-corrected chi connectivity index (χ1v) is 12.0. The Labute approximate surface area is 225 Å². The summed E-state index contributed by atoms with van der Waals surface area (Å²) in [5, 5.41) is 20.3. The number of hydrogen-bond acceptors (Lipinski definition) is 8. The van der Waals surface area contributed by atoms with Crippen molar-refractivity contribution in [3.63, 3.8) is 0 Å². The molecule has 0 saturated carbocycles. The van der Waals surface area contributed by atoms with Gasteiger partial charge in [-0.3, -0.25) is 9.59 Å². The van der Waals surface area contributed by atoms with Crippen molar-refractivity contribution < 1.29 is 38.7 Å². The summed E-state index contributed by atoms with van der Waals surface area (Å²) < 4.78 is 22.0. The molecule has 3 aromatic carbocycles. The number of methoxy groups -OCH3 is 4. The van der Waals surface area contributed by atoms with Crippen molar-refractivity contribution >= 4 is 11.9 Å². The molecular weight excluding hydrogens is 506 g/mol. The first-order valence-electron chi connectivity index (χ1n) is 12.0. The van der Waals surface area contributed by atoms with Gasteiger partial charge in [-0.25, -0.2) is 4.79 Å². The van der Waals surface area contributed by atoms with Crippen molar-refractivity contribution in [2.24, 2.45) is 0 Å². The molecule has 3 N–H and O–H groups in total. The Hall–Kier alpha value is -4.73. The number of amides is 1. The highest BCUT2D eigenvalue weighted by Crippen LogP contribution is 2.50. The van der Waals surface area contributed by atoms with E-state index in [1.807, 2.05) is 12.1 Å². The average molecular weight is 538 g/mol. The van der Waals surface area contributed by atoms with E-state index in [4.69, 9.17) is 29.2 Å². The maximum atomic E-state index is 12.6. The van der Waals surface area contributed by atoms with Gasteiger partial charge in [0.1, 0.15) is 11.3 Å². The van der Waals surface area contributed by atoms with E-state index in [9.17, 15) is 14.4 Å². The summed E-state index contributed by atoms with van der Waals surface area (Å²) in [4.78, 5) is 34.7. The number of carbonyl (C=O) groups is 2. The lowest BCUT2D eigenvalue weighted by Gasteiger charge is -2.19. The number of carbonyl (C=O) groups excluding carboxylic acids is 1. The summed E-state index contributed by atoms with van der Waals surface area (Å²) in [6.07, 6.45) is 1.27. The molecule has 1 unspecified atom stereocenters. The van der Waals surface area contributed by atoms with Gasteiger partial charge in [-0.2, -0.15) is 0 Å². The van der Waals surface area contributed by atoms with Gasteiger partial charge >= 0.3 is 5.97 Å². The molecule has 0 spiro atoms. The molecule has 3 aromatic rings. The minimum atomic E-state index is -1.11. The Bertz CT molecular complexity index is 1440. The molecule has 1 aliphatic carbocycles. The van der Waals surface area contributed by atoms with Crippen LogP contribution >= 0.6 is 0 Å². The van der Waals surface area contributed by atoms with Crippen LogP contribution in [0.3, 0.4) is 0 Å². The van der Waals surface area contributed by atoms with E-state index < -0.39 is 5.97 Å². The number of aromatic carboxylic acids is 1. The predicted molar refractivity (Wildman–Crippen MR) is 144 cm³/mol. The molecule has 10 nitrogen and oxygen atoms in total. The molecule has 0 fully saturated rings. The van der Waals surface area contributed by atoms with Crippen molar-refractivity contribution in [3.8, 4) is 39.9 Å². The summed E-state index contributed by atoms with van der Waals surface area (Å²) in [6, 6.07) is 12.4. The van der Waals surface area contributed by atoms with E-state index in [2.05, 4.69) is 5.32 Å². The lowest BCUT2D eigenvalue weighted by Crippen LogP contribution is -2.26. The molecule has 0 aliphatic heterocycles. The number of aromatic hydroxyl groups is 1. The molecule has 0 bridgehead atoms. The minimum absolute atomic E-state index is 0.0671. The Morgan fingerprint density at radius 3 is 2.10 bits per heavy atom. The molecule has 1 amide bonds. The van der Waals surface area contributed by atoms with Crippen LogP contribution in [0.4, 0.5) is 0 Å². The van der Waals surface area contributed by atoms with Crippen molar-refractivity contribution in [1.29, 1.82) is 0 Å². The molecule has 4 rings (SSSR count). The molecule has 0 radical (unpaired) electrons. The first kappa shape index (κ1) is 28.8. The standard InChI is InChI=1S/C22H25NO6.C7H6O3/c1-12(24)23-16-8-6-13-10-19(27-3)21(28-4)22(29-5)20(13)14-7-9-18(26-2)17(25)11-15(14)16;8-6-4-2-1-3-5(6)7(9)10/h7,9-11,16H,6,8H2,1-5H3,(H,23,24);1-4,8H,(H,9,10). The lowest BCUT2D eigenvalue weighted by molar-refractivity contribution is -0.119. The topological polar surface area (TPSA) is 141 Å². The molecule has 1 atom stereocenters. The van der Waals surface area contributed by atoms with E-state index in [-0.39, 0.29) is 34.4 Å².